The lowest BCUT2D eigenvalue weighted by Crippen LogP contribution is -2.16. The molecule has 0 saturated carbocycles. The van der Waals surface area contributed by atoms with Crippen molar-refractivity contribution in [1.29, 1.82) is 0 Å². The van der Waals surface area contributed by atoms with Crippen LogP contribution in [-0.2, 0) is 12.5 Å². The highest BCUT2D eigenvalue weighted by Gasteiger charge is 2.18. The number of aromatic nitrogens is 4. The molecule has 0 spiro atoms. The van der Waals surface area contributed by atoms with Crippen molar-refractivity contribution in [2.75, 3.05) is 0 Å². The second-order valence-corrected chi connectivity index (χ2v) is 4.51. The molecule has 0 fully saturated rings. The summed E-state index contributed by atoms with van der Waals surface area (Å²) in [6, 6.07) is 0. The van der Waals surface area contributed by atoms with Crippen molar-refractivity contribution in [2.24, 2.45) is 7.05 Å². The standard InChI is InChI=1S/C10H14N4/c1-10(2,3)9-11-5-7-8(13-9)14(4)6-12-7/h5-6H,1-4H3. The molecule has 0 amide bonds. The molecule has 4 heteroatoms. The van der Waals surface area contributed by atoms with Crippen LogP contribution in [-0.4, -0.2) is 19.5 Å². The second-order valence-electron chi connectivity index (χ2n) is 4.51. The number of rotatable bonds is 0. The Labute approximate surface area is 83.0 Å². The van der Waals surface area contributed by atoms with Gasteiger partial charge in [0.25, 0.3) is 0 Å². The minimum absolute atomic E-state index is 0.0154. The van der Waals surface area contributed by atoms with E-state index in [2.05, 4.69) is 35.7 Å². The predicted octanol–water partition coefficient (Wildman–Crippen LogP) is 1.66. The summed E-state index contributed by atoms with van der Waals surface area (Å²) in [5.41, 5.74) is 1.73. The van der Waals surface area contributed by atoms with Crippen molar-refractivity contribution in [3.05, 3.63) is 18.3 Å². The first kappa shape index (κ1) is 9.12. The molecule has 0 aliphatic heterocycles. The van der Waals surface area contributed by atoms with E-state index in [0.29, 0.717) is 0 Å². The normalized spacial score (nSPS) is 12.3. The summed E-state index contributed by atoms with van der Waals surface area (Å²) >= 11 is 0. The van der Waals surface area contributed by atoms with Gasteiger partial charge in [-0.3, -0.25) is 0 Å². The van der Waals surface area contributed by atoms with Gasteiger partial charge in [-0.05, 0) is 0 Å². The molecule has 74 valence electrons. The Morgan fingerprint density at radius 1 is 1.21 bits per heavy atom. The van der Waals surface area contributed by atoms with Gasteiger partial charge in [-0.2, -0.15) is 0 Å². The minimum Gasteiger partial charge on any atom is -0.318 e. The summed E-state index contributed by atoms with van der Waals surface area (Å²) in [6.45, 7) is 6.31. The van der Waals surface area contributed by atoms with E-state index in [4.69, 9.17) is 0 Å². The maximum Gasteiger partial charge on any atom is 0.163 e. The third-order valence-corrected chi connectivity index (χ3v) is 2.12. The molecule has 2 rings (SSSR count). The molecule has 0 aliphatic carbocycles. The number of aryl methyl sites for hydroxylation is 1. The maximum atomic E-state index is 4.50. The Hall–Kier alpha value is -1.45. The van der Waals surface area contributed by atoms with Gasteiger partial charge >= 0.3 is 0 Å². The Morgan fingerprint density at radius 3 is 2.57 bits per heavy atom. The first-order valence-electron chi connectivity index (χ1n) is 4.63. The van der Waals surface area contributed by atoms with Crippen LogP contribution in [0, 0.1) is 0 Å². The van der Waals surface area contributed by atoms with Crippen LogP contribution >= 0.6 is 0 Å². The van der Waals surface area contributed by atoms with Crippen LogP contribution in [0.2, 0.25) is 0 Å². The van der Waals surface area contributed by atoms with Crippen molar-refractivity contribution >= 4 is 11.2 Å². The maximum absolute atomic E-state index is 4.50. The molecule has 0 atom stereocenters. The fraction of sp³-hybridized carbons (Fsp3) is 0.500. The van der Waals surface area contributed by atoms with E-state index < -0.39 is 0 Å². The molecule has 0 unspecified atom stereocenters. The minimum atomic E-state index is -0.0154. The molecule has 0 saturated heterocycles. The average Bonchev–Trinajstić information content (AvgIpc) is 2.46. The molecular weight excluding hydrogens is 176 g/mol. The number of imidazole rings is 1. The Balaban J connectivity index is 2.66. The zero-order valence-corrected chi connectivity index (χ0v) is 8.94. The van der Waals surface area contributed by atoms with E-state index in [1.165, 1.54) is 0 Å². The smallest absolute Gasteiger partial charge is 0.163 e. The molecular formula is C10H14N4. The fourth-order valence-corrected chi connectivity index (χ4v) is 1.28. The van der Waals surface area contributed by atoms with E-state index in [1.807, 2.05) is 11.6 Å². The molecule has 14 heavy (non-hydrogen) atoms. The molecule has 4 nitrogen and oxygen atoms in total. The van der Waals surface area contributed by atoms with Crippen molar-refractivity contribution in [2.45, 2.75) is 26.2 Å². The van der Waals surface area contributed by atoms with Gasteiger partial charge in [-0.1, -0.05) is 20.8 Å². The first-order chi connectivity index (χ1) is 6.48. The van der Waals surface area contributed by atoms with Crippen LogP contribution in [0.25, 0.3) is 11.2 Å². The first-order valence-corrected chi connectivity index (χ1v) is 4.63. The largest absolute Gasteiger partial charge is 0.318 e. The van der Waals surface area contributed by atoms with Gasteiger partial charge in [0.1, 0.15) is 11.3 Å². The lowest BCUT2D eigenvalue weighted by atomic mass is 9.96. The Morgan fingerprint density at radius 2 is 1.93 bits per heavy atom. The molecule has 0 aromatic carbocycles. The summed E-state index contributed by atoms with van der Waals surface area (Å²) in [5.74, 6) is 0.855. The van der Waals surface area contributed by atoms with E-state index in [-0.39, 0.29) is 5.41 Å². The third-order valence-electron chi connectivity index (χ3n) is 2.12. The summed E-state index contributed by atoms with van der Waals surface area (Å²) < 4.78 is 1.91. The van der Waals surface area contributed by atoms with Crippen molar-refractivity contribution in [3.8, 4) is 0 Å². The molecule has 0 bridgehead atoms. The van der Waals surface area contributed by atoms with E-state index in [9.17, 15) is 0 Å². The lowest BCUT2D eigenvalue weighted by molar-refractivity contribution is 0.547. The number of fused-ring (bicyclic) bond motifs is 1. The summed E-state index contributed by atoms with van der Waals surface area (Å²) in [6.07, 6.45) is 3.54. The summed E-state index contributed by atoms with van der Waals surface area (Å²) in [7, 11) is 1.94. The quantitative estimate of drug-likeness (QED) is 0.634. The summed E-state index contributed by atoms with van der Waals surface area (Å²) in [5, 5.41) is 0. The third kappa shape index (κ3) is 1.36. The van der Waals surface area contributed by atoms with Crippen LogP contribution in [0.4, 0.5) is 0 Å². The zero-order chi connectivity index (χ0) is 10.3. The molecule has 0 radical (unpaired) electrons. The van der Waals surface area contributed by atoms with Gasteiger partial charge in [0.05, 0.1) is 12.5 Å². The van der Waals surface area contributed by atoms with Crippen LogP contribution in [0.5, 0.6) is 0 Å². The monoisotopic (exact) mass is 190 g/mol. The van der Waals surface area contributed by atoms with Crippen LogP contribution in [0.3, 0.4) is 0 Å². The van der Waals surface area contributed by atoms with Gasteiger partial charge in [-0.15, -0.1) is 0 Å². The number of nitrogens with zero attached hydrogens (tertiary/aromatic N) is 4. The predicted molar refractivity (Wildman–Crippen MR) is 55.0 cm³/mol. The van der Waals surface area contributed by atoms with Crippen LogP contribution in [0.15, 0.2) is 12.5 Å². The Bertz CT molecular complexity index is 464. The van der Waals surface area contributed by atoms with Crippen molar-refractivity contribution in [3.63, 3.8) is 0 Å². The highest BCUT2D eigenvalue weighted by Crippen LogP contribution is 2.19. The highest BCUT2D eigenvalue weighted by atomic mass is 15.1. The van der Waals surface area contributed by atoms with Gasteiger partial charge in [-0.25, -0.2) is 15.0 Å². The van der Waals surface area contributed by atoms with Crippen LogP contribution in [0.1, 0.15) is 26.6 Å². The zero-order valence-electron chi connectivity index (χ0n) is 8.94. The van der Waals surface area contributed by atoms with Crippen LogP contribution < -0.4 is 0 Å². The molecule has 2 heterocycles. The van der Waals surface area contributed by atoms with Crippen molar-refractivity contribution in [1.82, 2.24) is 19.5 Å². The number of hydrogen-bond donors (Lipinski definition) is 0. The van der Waals surface area contributed by atoms with Crippen molar-refractivity contribution < 1.29 is 0 Å². The van der Waals surface area contributed by atoms with Gasteiger partial charge < -0.3 is 4.57 Å². The van der Waals surface area contributed by atoms with Gasteiger partial charge in [0.15, 0.2) is 5.65 Å². The average molecular weight is 190 g/mol. The molecule has 0 aliphatic rings. The highest BCUT2D eigenvalue weighted by molar-refractivity contribution is 5.69. The lowest BCUT2D eigenvalue weighted by Gasteiger charge is -2.15. The number of hydrogen-bond acceptors (Lipinski definition) is 3. The SMILES string of the molecule is Cn1cnc2cnc(C(C)(C)C)nc21. The molecule has 2 aromatic heterocycles. The second kappa shape index (κ2) is 2.77. The van der Waals surface area contributed by atoms with Gasteiger partial charge in [0, 0.05) is 12.5 Å². The topological polar surface area (TPSA) is 43.6 Å². The summed E-state index contributed by atoms with van der Waals surface area (Å²) in [4.78, 5) is 13.0. The van der Waals surface area contributed by atoms with Gasteiger partial charge in [0.2, 0.25) is 0 Å². The van der Waals surface area contributed by atoms with E-state index in [1.54, 1.807) is 12.5 Å². The van der Waals surface area contributed by atoms with E-state index in [0.717, 1.165) is 17.0 Å². The fourth-order valence-electron chi connectivity index (χ4n) is 1.28. The van der Waals surface area contributed by atoms with E-state index >= 15 is 0 Å². The molecule has 0 N–H and O–H groups in total. The molecule has 2 aromatic rings. The Kier molecular flexibility index (Phi) is 1.80.